The molecular weight excluding hydrogens is 362 g/mol. The van der Waals surface area contributed by atoms with Crippen molar-refractivity contribution in [2.45, 2.75) is 38.3 Å². The van der Waals surface area contributed by atoms with Crippen LogP contribution in [-0.2, 0) is 23.2 Å². The van der Waals surface area contributed by atoms with Crippen LogP contribution in [0.5, 0.6) is 0 Å². The van der Waals surface area contributed by atoms with E-state index in [2.05, 4.69) is 22.2 Å². The highest BCUT2D eigenvalue weighted by Crippen LogP contribution is 2.42. The molecule has 7 nitrogen and oxygen atoms in total. The van der Waals surface area contributed by atoms with Crippen molar-refractivity contribution in [3.8, 4) is 0 Å². The molecule has 0 unspecified atom stereocenters. The van der Waals surface area contributed by atoms with Crippen LogP contribution in [0.25, 0.3) is 0 Å². The van der Waals surface area contributed by atoms with E-state index in [0.717, 1.165) is 37.4 Å². The van der Waals surface area contributed by atoms with Crippen molar-refractivity contribution in [2.24, 2.45) is 12.5 Å². The Morgan fingerprint density at radius 1 is 1.33 bits per heavy atom. The van der Waals surface area contributed by atoms with E-state index < -0.39 is 5.41 Å². The van der Waals surface area contributed by atoms with Crippen LogP contribution < -0.4 is 5.32 Å². The summed E-state index contributed by atoms with van der Waals surface area (Å²) in [5.74, 6) is 2.03. The zero-order valence-electron chi connectivity index (χ0n) is 16.6. The van der Waals surface area contributed by atoms with Crippen LogP contribution in [0.3, 0.4) is 0 Å². The largest absolute Gasteiger partial charge is 0.348 e. The Balaban J connectivity index is 1.70. The molecular formula is C19H31N5O2S. The van der Waals surface area contributed by atoms with Gasteiger partial charge in [-0.05, 0) is 39.1 Å². The van der Waals surface area contributed by atoms with Gasteiger partial charge in [-0.3, -0.25) is 9.59 Å². The fourth-order valence-electron chi connectivity index (χ4n) is 4.48. The normalized spacial score (nSPS) is 25.9. The summed E-state index contributed by atoms with van der Waals surface area (Å²) in [4.78, 5) is 34.3. The maximum Gasteiger partial charge on any atom is 0.228 e. The highest BCUT2D eigenvalue weighted by molar-refractivity contribution is 7.98. The smallest absolute Gasteiger partial charge is 0.228 e. The third-order valence-electron chi connectivity index (χ3n) is 6.18. The quantitative estimate of drug-likeness (QED) is 0.784. The Morgan fingerprint density at radius 3 is 2.85 bits per heavy atom. The van der Waals surface area contributed by atoms with Gasteiger partial charge in [-0.15, -0.1) is 0 Å². The standard InChI is InChI=1S/C19H31N5O2S/c1-22-9-4-6-19(18(26)21-13-16-20-8-11-23(16)2)7-10-24(14-15(19)22)17(25)5-12-27-3/h8,11,15H,4-7,9-10,12-14H2,1-3H3,(H,21,26)/t15-,19+/m0/s1. The molecule has 2 aliphatic heterocycles. The molecule has 0 saturated carbocycles. The Hall–Kier alpha value is -1.54. The number of nitrogens with zero attached hydrogens (tertiary/aromatic N) is 4. The lowest BCUT2D eigenvalue weighted by Gasteiger charge is -2.53. The van der Waals surface area contributed by atoms with Crippen molar-refractivity contribution in [1.29, 1.82) is 0 Å². The first-order chi connectivity index (χ1) is 13.0. The van der Waals surface area contributed by atoms with Gasteiger partial charge in [0.05, 0.1) is 12.0 Å². The molecule has 0 bridgehead atoms. The fraction of sp³-hybridized carbons (Fsp3) is 0.737. The molecule has 27 heavy (non-hydrogen) atoms. The lowest BCUT2D eigenvalue weighted by atomic mass is 9.67. The molecule has 0 aliphatic carbocycles. The summed E-state index contributed by atoms with van der Waals surface area (Å²) in [6.45, 7) is 2.75. The molecule has 3 heterocycles. The Morgan fingerprint density at radius 2 is 2.15 bits per heavy atom. The van der Waals surface area contributed by atoms with E-state index in [1.165, 1.54) is 0 Å². The second-order valence-corrected chi connectivity index (χ2v) is 8.71. The maximum atomic E-state index is 13.3. The monoisotopic (exact) mass is 393 g/mol. The topological polar surface area (TPSA) is 70.5 Å². The van der Waals surface area contributed by atoms with Crippen LogP contribution >= 0.6 is 11.8 Å². The van der Waals surface area contributed by atoms with Gasteiger partial charge in [0.2, 0.25) is 11.8 Å². The van der Waals surface area contributed by atoms with Gasteiger partial charge < -0.3 is 19.7 Å². The summed E-state index contributed by atoms with van der Waals surface area (Å²) < 4.78 is 1.93. The van der Waals surface area contributed by atoms with Crippen molar-refractivity contribution in [2.75, 3.05) is 38.7 Å². The molecule has 1 aromatic rings. The van der Waals surface area contributed by atoms with E-state index in [4.69, 9.17) is 0 Å². The number of aryl methyl sites for hydroxylation is 1. The number of hydrogen-bond acceptors (Lipinski definition) is 5. The van der Waals surface area contributed by atoms with Crippen LogP contribution in [0.2, 0.25) is 0 Å². The van der Waals surface area contributed by atoms with Crippen LogP contribution in [0.15, 0.2) is 12.4 Å². The second-order valence-electron chi connectivity index (χ2n) is 7.73. The van der Waals surface area contributed by atoms with Crippen LogP contribution in [0.4, 0.5) is 0 Å². The first kappa shape index (κ1) is 20.2. The molecule has 0 radical (unpaired) electrons. The van der Waals surface area contributed by atoms with E-state index in [1.807, 2.05) is 29.0 Å². The zero-order valence-corrected chi connectivity index (χ0v) is 17.4. The molecule has 2 amide bonds. The summed E-state index contributed by atoms with van der Waals surface area (Å²) in [5, 5.41) is 3.13. The van der Waals surface area contributed by atoms with Crippen LogP contribution in [0.1, 0.15) is 31.5 Å². The van der Waals surface area contributed by atoms with Crippen molar-refractivity contribution in [1.82, 2.24) is 24.7 Å². The second kappa shape index (κ2) is 8.65. The number of fused-ring (bicyclic) bond motifs is 1. The highest BCUT2D eigenvalue weighted by atomic mass is 32.2. The molecule has 0 aromatic carbocycles. The molecule has 2 saturated heterocycles. The number of carbonyl (C=O) groups is 2. The lowest BCUT2D eigenvalue weighted by Crippen LogP contribution is -2.65. The molecule has 2 atom stereocenters. The molecule has 3 rings (SSSR count). The minimum absolute atomic E-state index is 0.0830. The van der Waals surface area contributed by atoms with Crippen molar-refractivity contribution < 1.29 is 9.59 Å². The summed E-state index contributed by atoms with van der Waals surface area (Å²) in [6, 6.07) is 0.0830. The molecule has 0 spiro atoms. The summed E-state index contributed by atoms with van der Waals surface area (Å²) in [7, 11) is 4.02. The fourth-order valence-corrected chi connectivity index (χ4v) is 4.86. The highest BCUT2D eigenvalue weighted by Gasteiger charge is 2.52. The van der Waals surface area contributed by atoms with E-state index in [9.17, 15) is 9.59 Å². The number of hydrogen-bond donors (Lipinski definition) is 1. The first-order valence-electron chi connectivity index (χ1n) is 9.69. The predicted octanol–water partition coefficient (Wildman–Crippen LogP) is 1.10. The van der Waals surface area contributed by atoms with E-state index in [1.54, 1.807) is 18.0 Å². The number of rotatable bonds is 6. The van der Waals surface area contributed by atoms with Gasteiger partial charge in [-0.1, -0.05) is 0 Å². The maximum absolute atomic E-state index is 13.3. The number of carbonyl (C=O) groups excluding carboxylic acids is 2. The lowest BCUT2D eigenvalue weighted by molar-refractivity contribution is -0.150. The zero-order chi connectivity index (χ0) is 19.4. The van der Waals surface area contributed by atoms with E-state index >= 15 is 0 Å². The third-order valence-corrected chi connectivity index (χ3v) is 6.79. The number of likely N-dealkylation sites (N-methyl/N-ethyl adjacent to an activating group) is 1. The van der Waals surface area contributed by atoms with Crippen LogP contribution in [0, 0.1) is 5.41 Å². The molecule has 1 aromatic heterocycles. The van der Waals surface area contributed by atoms with Gasteiger partial charge in [0.25, 0.3) is 0 Å². The Bertz CT molecular complexity index is 679. The van der Waals surface area contributed by atoms with Crippen molar-refractivity contribution in [3.05, 3.63) is 18.2 Å². The predicted molar refractivity (Wildman–Crippen MR) is 107 cm³/mol. The molecule has 1 N–H and O–H groups in total. The minimum atomic E-state index is -0.408. The average Bonchev–Trinajstić information content (AvgIpc) is 3.09. The van der Waals surface area contributed by atoms with Gasteiger partial charge in [0.15, 0.2) is 0 Å². The number of nitrogens with one attached hydrogen (secondary N) is 1. The number of piperidine rings is 2. The van der Waals surface area contributed by atoms with Gasteiger partial charge in [-0.2, -0.15) is 11.8 Å². The van der Waals surface area contributed by atoms with Crippen LogP contribution in [-0.4, -0.2) is 75.9 Å². The summed E-state index contributed by atoms with van der Waals surface area (Å²) in [6.07, 6.45) is 8.88. The Labute approximate surface area is 165 Å². The summed E-state index contributed by atoms with van der Waals surface area (Å²) in [5.41, 5.74) is -0.408. The first-order valence-corrected chi connectivity index (χ1v) is 11.1. The van der Waals surface area contributed by atoms with Gasteiger partial charge in [-0.25, -0.2) is 4.98 Å². The number of imidazole rings is 1. The van der Waals surface area contributed by atoms with Crippen molar-refractivity contribution >= 4 is 23.6 Å². The van der Waals surface area contributed by atoms with Gasteiger partial charge >= 0.3 is 0 Å². The molecule has 2 aliphatic rings. The number of likely N-dealkylation sites (tertiary alicyclic amines) is 2. The van der Waals surface area contributed by atoms with Gasteiger partial charge in [0.1, 0.15) is 5.82 Å². The Kier molecular flexibility index (Phi) is 6.47. The summed E-state index contributed by atoms with van der Waals surface area (Å²) >= 11 is 1.70. The number of thioether (sulfide) groups is 1. The van der Waals surface area contributed by atoms with E-state index in [0.29, 0.717) is 26.1 Å². The van der Waals surface area contributed by atoms with Gasteiger partial charge in [0, 0.05) is 50.7 Å². The van der Waals surface area contributed by atoms with Crippen molar-refractivity contribution in [3.63, 3.8) is 0 Å². The minimum Gasteiger partial charge on any atom is -0.348 e. The molecule has 8 heteroatoms. The SMILES string of the molecule is CSCCC(=O)N1CC[C@]2(C(=O)NCc3nccn3C)CCCN(C)[C@H]2C1. The average molecular weight is 394 g/mol. The number of aromatic nitrogens is 2. The van der Waals surface area contributed by atoms with E-state index in [-0.39, 0.29) is 17.9 Å². The third kappa shape index (κ3) is 4.16. The number of amides is 2. The molecule has 2 fully saturated rings. The molecule has 150 valence electrons.